The van der Waals surface area contributed by atoms with Crippen molar-refractivity contribution < 1.29 is 23.9 Å². The molecule has 1 heterocycles. The van der Waals surface area contributed by atoms with Gasteiger partial charge in [-0.05, 0) is 35.9 Å². The second-order valence-electron chi connectivity index (χ2n) is 4.80. The third-order valence-corrected chi connectivity index (χ3v) is 4.02. The van der Waals surface area contributed by atoms with Crippen LogP contribution >= 0.6 is 11.8 Å². The monoisotopic (exact) mass is 361 g/mol. The van der Waals surface area contributed by atoms with Gasteiger partial charge in [-0.3, -0.25) is 10.1 Å². The van der Waals surface area contributed by atoms with Crippen molar-refractivity contribution in [2.45, 2.75) is 6.92 Å². The lowest BCUT2D eigenvalue weighted by molar-refractivity contribution is -0.135. The molecular formula is C16H15N3O5S. The Morgan fingerprint density at radius 1 is 1.24 bits per heavy atom. The summed E-state index contributed by atoms with van der Waals surface area (Å²) in [6.07, 6.45) is 2.52. The van der Waals surface area contributed by atoms with E-state index in [4.69, 9.17) is 4.74 Å². The molecule has 1 aromatic rings. The number of esters is 2. The molecule has 0 spiro atoms. The summed E-state index contributed by atoms with van der Waals surface area (Å²) >= 11 is 0.973. The molecule has 0 saturated carbocycles. The van der Waals surface area contributed by atoms with E-state index in [2.05, 4.69) is 20.3 Å². The van der Waals surface area contributed by atoms with E-state index >= 15 is 0 Å². The Morgan fingerprint density at radius 3 is 2.68 bits per heavy atom. The minimum absolute atomic E-state index is 0.170. The summed E-state index contributed by atoms with van der Waals surface area (Å²) in [5.41, 5.74) is 1.87. The number of ether oxygens (including phenoxy) is 2. The number of carbonyl (C=O) groups is 3. The highest BCUT2D eigenvalue weighted by molar-refractivity contribution is 8.18. The average Bonchev–Trinajstić information content (AvgIpc) is 2.95. The van der Waals surface area contributed by atoms with Gasteiger partial charge in [0.2, 0.25) is 0 Å². The molecule has 0 radical (unpaired) electrons. The van der Waals surface area contributed by atoms with Gasteiger partial charge in [-0.15, -0.1) is 5.10 Å². The Balaban J connectivity index is 2.12. The van der Waals surface area contributed by atoms with Crippen LogP contribution in [0.15, 0.2) is 39.4 Å². The van der Waals surface area contributed by atoms with Crippen LogP contribution in [-0.2, 0) is 19.1 Å². The molecule has 1 amide bonds. The average molecular weight is 361 g/mol. The number of rotatable bonds is 4. The predicted molar refractivity (Wildman–Crippen MR) is 93.4 cm³/mol. The quantitative estimate of drug-likeness (QED) is 0.376. The number of nitrogens with one attached hydrogen (secondary N) is 1. The minimum Gasteiger partial charge on any atom is -0.466 e. The van der Waals surface area contributed by atoms with Gasteiger partial charge < -0.3 is 9.47 Å². The van der Waals surface area contributed by atoms with Crippen LogP contribution in [0.25, 0.3) is 0 Å². The van der Waals surface area contributed by atoms with E-state index < -0.39 is 17.8 Å². The molecule has 2 rings (SSSR count). The van der Waals surface area contributed by atoms with E-state index in [1.54, 1.807) is 25.1 Å². The van der Waals surface area contributed by atoms with E-state index in [9.17, 15) is 14.4 Å². The molecule has 0 unspecified atom stereocenters. The first-order valence-corrected chi connectivity index (χ1v) is 7.85. The maximum Gasteiger partial charge on any atom is 0.338 e. The highest BCUT2D eigenvalue weighted by atomic mass is 32.2. The molecule has 1 aromatic carbocycles. The van der Waals surface area contributed by atoms with Gasteiger partial charge in [0.05, 0.1) is 30.9 Å². The number of hydrogen-bond acceptors (Lipinski definition) is 8. The van der Waals surface area contributed by atoms with Crippen molar-refractivity contribution in [3.63, 3.8) is 0 Å². The number of nitrogens with zero attached hydrogens (tertiary/aromatic N) is 2. The second-order valence-corrected chi connectivity index (χ2v) is 5.83. The third-order valence-electron chi connectivity index (χ3n) is 3.12. The number of amidine groups is 1. The molecule has 130 valence electrons. The van der Waals surface area contributed by atoms with E-state index in [-0.39, 0.29) is 10.1 Å². The van der Waals surface area contributed by atoms with E-state index in [1.165, 1.54) is 20.4 Å². The van der Waals surface area contributed by atoms with Crippen molar-refractivity contribution in [3.8, 4) is 0 Å². The number of methoxy groups -OCH3 is 2. The molecule has 1 aliphatic rings. The summed E-state index contributed by atoms with van der Waals surface area (Å²) < 4.78 is 9.18. The fraction of sp³-hybridized carbons (Fsp3) is 0.188. The standard InChI is InChI=1S/C16H15N3O5S/c1-9-4-5-10(6-11(9)15(22)24-3)8-17-19-16-18-14(21)12(25-16)7-13(20)23-2/h4-8H,1-3H3,(H,18,19,21)/b12-7+,17-8?. The predicted octanol–water partition coefficient (Wildman–Crippen LogP) is 1.39. The summed E-state index contributed by atoms with van der Waals surface area (Å²) in [5.74, 6) is -1.51. The second kappa shape index (κ2) is 8.25. The number of hydrogen-bond donors (Lipinski definition) is 1. The fourth-order valence-corrected chi connectivity index (χ4v) is 2.58. The molecule has 0 atom stereocenters. The van der Waals surface area contributed by atoms with Crippen molar-refractivity contribution in [1.82, 2.24) is 5.32 Å². The molecule has 1 aliphatic heterocycles. The zero-order chi connectivity index (χ0) is 18.4. The summed E-state index contributed by atoms with van der Waals surface area (Å²) in [6, 6.07) is 5.17. The molecule has 8 nitrogen and oxygen atoms in total. The Morgan fingerprint density at radius 2 is 2.00 bits per heavy atom. The first-order chi connectivity index (χ1) is 11.9. The van der Waals surface area contributed by atoms with Gasteiger partial charge >= 0.3 is 11.9 Å². The normalized spacial score (nSPS) is 17.2. The Hall–Kier alpha value is -2.94. The summed E-state index contributed by atoms with van der Waals surface area (Å²) in [5, 5.41) is 10.5. The van der Waals surface area contributed by atoms with E-state index in [1.807, 2.05) is 0 Å². The smallest absolute Gasteiger partial charge is 0.338 e. The van der Waals surface area contributed by atoms with Gasteiger partial charge in [0.25, 0.3) is 5.91 Å². The van der Waals surface area contributed by atoms with Gasteiger partial charge in [-0.1, -0.05) is 12.1 Å². The minimum atomic E-state index is -0.627. The summed E-state index contributed by atoms with van der Waals surface area (Å²) in [4.78, 5) is 34.7. The molecule has 0 aromatic heterocycles. The molecule has 0 bridgehead atoms. The van der Waals surface area contributed by atoms with Crippen molar-refractivity contribution in [2.75, 3.05) is 14.2 Å². The molecule has 25 heavy (non-hydrogen) atoms. The Bertz CT molecular complexity index is 814. The van der Waals surface area contributed by atoms with Crippen molar-refractivity contribution >= 4 is 41.0 Å². The number of amides is 1. The van der Waals surface area contributed by atoms with Gasteiger partial charge in [0.1, 0.15) is 0 Å². The molecule has 1 fully saturated rings. The first kappa shape index (κ1) is 18.4. The van der Waals surface area contributed by atoms with Gasteiger partial charge in [0, 0.05) is 6.08 Å². The molecule has 1 saturated heterocycles. The van der Waals surface area contributed by atoms with Crippen LogP contribution in [0, 0.1) is 6.92 Å². The SMILES string of the molecule is COC(=O)/C=C1/S/C(=N\N=Cc2ccc(C)c(C(=O)OC)c2)NC1=O. The maximum absolute atomic E-state index is 11.7. The van der Waals surface area contributed by atoms with E-state index in [0.29, 0.717) is 11.1 Å². The van der Waals surface area contributed by atoms with Gasteiger partial charge in [-0.25, -0.2) is 9.59 Å². The van der Waals surface area contributed by atoms with Crippen molar-refractivity contribution in [2.24, 2.45) is 10.2 Å². The number of aryl methyl sites for hydroxylation is 1. The van der Waals surface area contributed by atoms with Crippen LogP contribution in [0.2, 0.25) is 0 Å². The van der Waals surface area contributed by atoms with Crippen LogP contribution in [0.5, 0.6) is 0 Å². The highest BCUT2D eigenvalue weighted by Crippen LogP contribution is 2.23. The number of benzene rings is 1. The van der Waals surface area contributed by atoms with Crippen molar-refractivity contribution in [3.05, 3.63) is 45.9 Å². The molecule has 1 N–H and O–H groups in total. The zero-order valence-electron chi connectivity index (χ0n) is 13.7. The lowest BCUT2D eigenvalue weighted by atomic mass is 10.1. The summed E-state index contributed by atoms with van der Waals surface area (Å²) in [7, 11) is 2.54. The van der Waals surface area contributed by atoms with Crippen LogP contribution in [0.1, 0.15) is 21.5 Å². The van der Waals surface area contributed by atoms with Gasteiger partial charge in [0.15, 0.2) is 5.17 Å². The zero-order valence-corrected chi connectivity index (χ0v) is 14.5. The number of carbonyl (C=O) groups excluding carboxylic acids is 3. The third kappa shape index (κ3) is 4.77. The Kier molecular flexibility index (Phi) is 6.07. The van der Waals surface area contributed by atoms with Crippen LogP contribution < -0.4 is 5.32 Å². The fourth-order valence-electron chi connectivity index (χ4n) is 1.84. The van der Waals surface area contributed by atoms with Crippen molar-refractivity contribution in [1.29, 1.82) is 0 Å². The first-order valence-electron chi connectivity index (χ1n) is 7.03. The maximum atomic E-state index is 11.7. The lowest BCUT2D eigenvalue weighted by Crippen LogP contribution is -2.19. The Labute approximate surface area is 148 Å². The van der Waals surface area contributed by atoms with Crippen LogP contribution in [0.3, 0.4) is 0 Å². The lowest BCUT2D eigenvalue weighted by Gasteiger charge is -2.04. The summed E-state index contributed by atoms with van der Waals surface area (Å²) in [6.45, 7) is 1.80. The van der Waals surface area contributed by atoms with Crippen LogP contribution in [0.4, 0.5) is 0 Å². The topological polar surface area (TPSA) is 106 Å². The highest BCUT2D eigenvalue weighted by Gasteiger charge is 2.25. The molecule has 9 heteroatoms. The molecular weight excluding hydrogens is 346 g/mol. The largest absolute Gasteiger partial charge is 0.466 e. The van der Waals surface area contributed by atoms with Crippen LogP contribution in [-0.4, -0.2) is 43.4 Å². The molecule has 0 aliphatic carbocycles. The number of thioether (sulfide) groups is 1. The van der Waals surface area contributed by atoms with Gasteiger partial charge in [-0.2, -0.15) is 5.10 Å². The van der Waals surface area contributed by atoms with E-state index in [0.717, 1.165) is 23.4 Å².